The van der Waals surface area contributed by atoms with E-state index in [4.69, 9.17) is 0 Å². The molecule has 1 saturated heterocycles. The molecule has 0 aromatic heterocycles. The van der Waals surface area contributed by atoms with Crippen molar-refractivity contribution in [1.29, 1.82) is 0 Å². The van der Waals surface area contributed by atoms with Crippen LogP contribution < -0.4 is 5.32 Å². The Bertz CT molecular complexity index is 290. The van der Waals surface area contributed by atoms with Gasteiger partial charge in [0, 0.05) is 6.54 Å². The molecule has 0 saturated carbocycles. The van der Waals surface area contributed by atoms with Gasteiger partial charge in [-0.25, -0.2) is 4.39 Å². The molecular weight excluding hydrogens is 169 g/mol. The first-order valence-corrected chi connectivity index (χ1v) is 4.40. The Hall–Kier alpha value is -0.930. The second kappa shape index (κ2) is 3.09. The van der Waals surface area contributed by atoms with Crippen molar-refractivity contribution in [2.75, 3.05) is 13.1 Å². The van der Waals surface area contributed by atoms with Gasteiger partial charge in [0.25, 0.3) is 0 Å². The summed E-state index contributed by atoms with van der Waals surface area (Å²) in [5.74, 6) is -0.265. The van der Waals surface area contributed by atoms with Crippen molar-refractivity contribution >= 4 is 0 Å². The third kappa shape index (κ3) is 1.57. The molecule has 2 rings (SSSR count). The van der Waals surface area contributed by atoms with Crippen molar-refractivity contribution in [3.05, 3.63) is 35.6 Å². The standard InChI is InChI=1S/C10H12FNO/c11-9-3-1-8(2-4-9)10(13)5-6-12-7-10/h1-4,12-13H,5-7H2/t10-/m1/s1. The molecular formula is C10H12FNO. The van der Waals surface area contributed by atoms with Gasteiger partial charge < -0.3 is 10.4 Å². The normalized spacial score (nSPS) is 27.8. The molecule has 70 valence electrons. The summed E-state index contributed by atoms with van der Waals surface area (Å²) in [4.78, 5) is 0. The van der Waals surface area contributed by atoms with Gasteiger partial charge in [-0.1, -0.05) is 12.1 Å². The molecule has 13 heavy (non-hydrogen) atoms. The first-order chi connectivity index (χ1) is 6.21. The van der Waals surface area contributed by atoms with Crippen LogP contribution in [0.2, 0.25) is 0 Å². The van der Waals surface area contributed by atoms with E-state index < -0.39 is 5.60 Å². The van der Waals surface area contributed by atoms with Gasteiger partial charge in [0.05, 0.1) is 0 Å². The largest absolute Gasteiger partial charge is 0.384 e. The zero-order valence-electron chi connectivity index (χ0n) is 7.26. The summed E-state index contributed by atoms with van der Waals surface area (Å²) in [6.45, 7) is 1.37. The zero-order valence-corrected chi connectivity index (χ0v) is 7.26. The maximum absolute atomic E-state index is 12.6. The summed E-state index contributed by atoms with van der Waals surface area (Å²) < 4.78 is 12.6. The van der Waals surface area contributed by atoms with Crippen LogP contribution in [0.15, 0.2) is 24.3 Å². The van der Waals surface area contributed by atoms with Crippen LogP contribution >= 0.6 is 0 Å². The number of hydrogen-bond donors (Lipinski definition) is 2. The monoisotopic (exact) mass is 181 g/mol. The third-order valence-electron chi connectivity index (χ3n) is 2.51. The number of benzene rings is 1. The number of rotatable bonds is 1. The van der Waals surface area contributed by atoms with E-state index in [0.29, 0.717) is 13.0 Å². The van der Waals surface area contributed by atoms with Crippen molar-refractivity contribution in [3.8, 4) is 0 Å². The van der Waals surface area contributed by atoms with Gasteiger partial charge >= 0.3 is 0 Å². The van der Waals surface area contributed by atoms with Crippen LogP contribution in [0.25, 0.3) is 0 Å². The molecule has 0 amide bonds. The van der Waals surface area contributed by atoms with Crippen LogP contribution in [0.3, 0.4) is 0 Å². The number of halogens is 1. The molecule has 2 nitrogen and oxygen atoms in total. The molecule has 0 radical (unpaired) electrons. The Morgan fingerprint density at radius 2 is 2.00 bits per heavy atom. The fourth-order valence-electron chi connectivity index (χ4n) is 1.69. The molecule has 1 aromatic rings. The van der Waals surface area contributed by atoms with Crippen LogP contribution in [-0.2, 0) is 5.60 Å². The summed E-state index contributed by atoms with van der Waals surface area (Å²) in [6, 6.07) is 6.04. The minimum atomic E-state index is -0.798. The van der Waals surface area contributed by atoms with Crippen LogP contribution in [0.4, 0.5) is 4.39 Å². The van der Waals surface area contributed by atoms with Gasteiger partial charge in [0.2, 0.25) is 0 Å². The fraction of sp³-hybridized carbons (Fsp3) is 0.400. The molecule has 1 aliphatic rings. The van der Waals surface area contributed by atoms with Crippen molar-refractivity contribution < 1.29 is 9.50 Å². The number of hydrogen-bond acceptors (Lipinski definition) is 2. The predicted octanol–water partition coefficient (Wildman–Crippen LogP) is 1.01. The van der Waals surface area contributed by atoms with E-state index in [0.717, 1.165) is 12.1 Å². The Kier molecular flexibility index (Phi) is 2.06. The summed E-state index contributed by atoms with van der Waals surface area (Å²) >= 11 is 0. The summed E-state index contributed by atoms with van der Waals surface area (Å²) in [7, 11) is 0. The van der Waals surface area contributed by atoms with E-state index in [1.54, 1.807) is 12.1 Å². The third-order valence-corrected chi connectivity index (χ3v) is 2.51. The summed E-state index contributed by atoms with van der Waals surface area (Å²) in [5.41, 5.74) is -0.00727. The van der Waals surface area contributed by atoms with E-state index in [9.17, 15) is 9.50 Å². The molecule has 0 spiro atoms. The predicted molar refractivity (Wildman–Crippen MR) is 47.8 cm³/mol. The Morgan fingerprint density at radius 1 is 1.31 bits per heavy atom. The van der Waals surface area contributed by atoms with Gasteiger partial charge in [-0.3, -0.25) is 0 Å². The highest BCUT2D eigenvalue weighted by Crippen LogP contribution is 2.27. The molecule has 1 atom stereocenters. The molecule has 0 bridgehead atoms. The van der Waals surface area contributed by atoms with E-state index in [1.807, 2.05) is 0 Å². The molecule has 0 unspecified atom stereocenters. The highest BCUT2D eigenvalue weighted by molar-refractivity contribution is 5.24. The topological polar surface area (TPSA) is 32.3 Å². The van der Waals surface area contributed by atoms with E-state index >= 15 is 0 Å². The fourth-order valence-corrected chi connectivity index (χ4v) is 1.69. The molecule has 1 aromatic carbocycles. The molecule has 2 N–H and O–H groups in total. The van der Waals surface area contributed by atoms with Crippen molar-refractivity contribution in [3.63, 3.8) is 0 Å². The van der Waals surface area contributed by atoms with Gasteiger partial charge in [0.15, 0.2) is 0 Å². The Morgan fingerprint density at radius 3 is 2.54 bits per heavy atom. The average molecular weight is 181 g/mol. The average Bonchev–Trinajstić information content (AvgIpc) is 2.54. The second-order valence-corrected chi connectivity index (χ2v) is 3.47. The summed E-state index contributed by atoms with van der Waals surface area (Å²) in [5, 5.41) is 13.2. The maximum Gasteiger partial charge on any atom is 0.123 e. The highest BCUT2D eigenvalue weighted by Gasteiger charge is 2.32. The number of β-amino-alcohol motifs (C(OH)–C–C–N with tert-alkyl or cyclic N) is 1. The Balaban J connectivity index is 2.29. The first-order valence-electron chi connectivity index (χ1n) is 4.40. The van der Waals surface area contributed by atoms with Crippen LogP contribution in [0.5, 0.6) is 0 Å². The quantitative estimate of drug-likeness (QED) is 0.677. The van der Waals surface area contributed by atoms with Gasteiger partial charge in [-0.2, -0.15) is 0 Å². The maximum atomic E-state index is 12.6. The van der Waals surface area contributed by atoms with E-state index in [-0.39, 0.29) is 5.82 Å². The lowest BCUT2D eigenvalue weighted by molar-refractivity contribution is 0.0587. The van der Waals surface area contributed by atoms with Crippen molar-refractivity contribution in [2.24, 2.45) is 0 Å². The molecule has 1 aliphatic heterocycles. The Labute approximate surface area is 76.4 Å². The van der Waals surface area contributed by atoms with Gasteiger partial charge in [0.1, 0.15) is 11.4 Å². The van der Waals surface area contributed by atoms with Crippen molar-refractivity contribution in [1.82, 2.24) is 5.32 Å². The molecule has 0 aliphatic carbocycles. The lowest BCUT2D eigenvalue weighted by Gasteiger charge is -2.21. The first kappa shape index (κ1) is 8.66. The van der Waals surface area contributed by atoms with Crippen LogP contribution in [0, 0.1) is 5.82 Å². The lowest BCUT2D eigenvalue weighted by Crippen LogP contribution is -2.28. The van der Waals surface area contributed by atoms with Crippen molar-refractivity contribution in [2.45, 2.75) is 12.0 Å². The minimum Gasteiger partial charge on any atom is -0.384 e. The molecule has 3 heteroatoms. The molecule has 1 heterocycles. The van der Waals surface area contributed by atoms with E-state index in [1.165, 1.54) is 12.1 Å². The van der Waals surface area contributed by atoms with Crippen LogP contribution in [-0.4, -0.2) is 18.2 Å². The zero-order chi connectivity index (χ0) is 9.31. The minimum absolute atomic E-state index is 0.265. The van der Waals surface area contributed by atoms with Gasteiger partial charge in [-0.05, 0) is 30.7 Å². The highest BCUT2D eigenvalue weighted by atomic mass is 19.1. The van der Waals surface area contributed by atoms with Crippen LogP contribution in [0.1, 0.15) is 12.0 Å². The smallest absolute Gasteiger partial charge is 0.123 e. The van der Waals surface area contributed by atoms with Gasteiger partial charge in [-0.15, -0.1) is 0 Å². The summed E-state index contributed by atoms with van der Waals surface area (Å²) in [6.07, 6.45) is 0.693. The lowest BCUT2D eigenvalue weighted by atomic mass is 9.93. The molecule has 1 fully saturated rings. The number of aliphatic hydroxyl groups is 1. The second-order valence-electron chi connectivity index (χ2n) is 3.47. The van der Waals surface area contributed by atoms with E-state index in [2.05, 4.69) is 5.32 Å². The number of nitrogens with one attached hydrogen (secondary N) is 1. The SMILES string of the molecule is O[C@]1(c2ccc(F)cc2)CCNC1.